The molecule has 2 aliphatic heterocycles. The Hall–Kier alpha value is -0.120. The average molecular weight is 199 g/mol. The summed E-state index contributed by atoms with van der Waals surface area (Å²) in [5.74, 6) is 0. The summed E-state index contributed by atoms with van der Waals surface area (Å²) in [6, 6.07) is 0. The molecular weight excluding hydrogens is 178 g/mol. The summed E-state index contributed by atoms with van der Waals surface area (Å²) in [5.41, 5.74) is 0. The molecule has 1 N–H and O–H groups in total. The van der Waals surface area contributed by atoms with E-state index in [1.54, 1.807) is 0 Å². The van der Waals surface area contributed by atoms with E-state index in [-0.39, 0.29) is 0 Å². The second kappa shape index (κ2) is 4.60. The lowest BCUT2D eigenvalue weighted by Crippen LogP contribution is -2.36. The molecule has 0 aromatic carbocycles. The molecule has 0 radical (unpaired) electrons. The fraction of sp³-hybridized carbons (Fsp3) is 1.00. The molecule has 0 bridgehead atoms. The van der Waals surface area contributed by atoms with Crippen LogP contribution in [-0.2, 0) is 9.47 Å². The molecule has 3 nitrogen and oxygen atoms in total. The van der Waals surface area contributed by atoms with Gasteiger partial charge in [-0.1, -0.05) is 0 Å². The summed E-state index contributed by atoms with van der Waals surface area (Å²) in [7, 11) is 0. The highest BCUT2D eigenvalue weighted by Crippen LogP contribution is 2.23. The lowest BCUT2D eigenvalue weighted by Gasteiger charge is -2.33. The molecule has 3 heteroatoms. The number of nitrogens with one attached hydrogen (secondary N) is 1. The molecule has 0 amide bonds. The van der Waals surface area contributed by atoms with E-state index in [2.05, 4.69) is 19.2 Å². The number of rotatable bonds is 2. The van der Waals surface area contributed by atoms with Crippen LogP contribution in [0, 0.1) is 0 Å². The first-order chi connectivity index (χ1) is 6.74. The van der Waals surface area contributed by atoms with Gasteiger partial charge < -0.3 is 14.8 Å². The summed E-state index contributed by atoms with van der Waals surface area (Å²) >= 11 is 0. The third-order valence-electron chi connectivity index (χ3n) is 3.05. The van der Waals surface area contributed by atoms with E-state index in [0.717, 1.165) is 25.9 Å². The zero-order valence-electron chi connectivity index (χ0n) is 9.16. The van der Waals surface area contributed by atoms with Crippen molar-refractivity contribution in [1.29, 1.82) is 0 Å². The van der Waals surface area contributed by atoms with Crippen molar-refractivity contribution >= 4 is 0 Å². The summed E-state index contributed by atoms with van der Waals surface area (Å²) in [6.45, 7) is 6.41. The van der Waals surface area contributed by atoms with E-state index in [4.69, 9.17) is 9.47 Å². The van der Waals surface area contributed by atoms with E-state index in [0.29, 0.717) is 24.4 Å². The lowest BCUT2D eigenvalue weighted by atomic mass is 10.0. The van der Waals surface area contributed by atoms with Crippen LogP contribution in [0.1, 0.15) is 33.1 Å². The maximum Gasteiger partial charge on any atom is 0.0715 e. The lowest BCUT2D eigenvalue weighted by molar-refractivity contribution is -0.117. The van der Waals surface area contributed by atoms with Gasteiger partial charge in [0.2, 0.25) is 0 Å². The van der Waals surface area contributed by atoms with Gasteiger partial charge in [-0.15, -0.1) is 0 Å². The molecule has 2 rings (SSSR count). The van der Waals surface area contributed by atoms with E-state index in [1.165, 1.54) is 6.42 Å². The molecule has 2 heterocycles. The van der Waals surface area contributed by atoms with Gasteiger partial charge in [0.1, 0.15) is 0 Å². The van der Waals surface area contributed by atoms with Gasteiger partial charge in [0.05, 0.1) is 24.4 Å². The van der Waals surface area contributed by atoms with Crippen molar-refractivity contribution in [2.24, 2.45) is 0 Å². The van der Waals surface area contributed by atoms with Crippen LogP contribution in [0.4, 0.5) is 0 Å². The Morgan fingerprint density at radius 2 is 1.86 bits per heavy atom. The molecule has 82 valence electrons. The molecule has 0 aromatic rings. The summed E-state index contributed by atoms with van der Waals surface area (Å²) in [4.78, 5) is 0. The SMILES string of the molecule is CC1CC(O[C@H]2CCNC2)CC(C)O1. The molecule has 2 aliphatic rings. The number of hydrogen-bond acceptors (Lipinski definition) is 3. The Bertz CT molecular complexity index is 170. The predicted molar refractivity (Wildman–Crippen MR) is 55.4 cm³/mol. The third-order valence-corrected chi connectivity index (χ3v) is 3.05. The fourth-order valence-electron chi connectivity index (χ4n) is 2.47. The Kier molecular flexibility index (Phi) is 3.42. The molecule has 2 fully saturated rings. The van der Waals surface area contributed by atoms with Gasteiger partial charge in [0.15, 0.2) is 0 Å². The van der Waals surface area contributed by atoms with E-state index in [9.17, 15) is 0 Å². The molecule has 2 saturated heterocycles. The van der Waals surface area contributed by atoms with E-state index < -0.39 is 0 Å². The van der Waals surface area contributed by atoms with E-state index in [1.807, 2.05) is 0 Å². The van der Waals surface area contributed by atoms with Crippen molar-refractivity contribution in [3.8, 4) is 0 Å². The third kappa shape index (κ3) is 2.69. The van der Waals surface area contributed by atoms with Crippen LogP contribution in [0.25, 0.3) is 0 Å². The van der Waals surface area contributed by atoms with Gasteiger partial charge in [-0.3, -0.25) is 0 Å². The number of hydrogen-bond donors (Lipinski definition) is 1. The Balaban J connectivity index is 1.78. The minimum Gasteiger partial charge on any atom is -0.375 e. The van der Waals surface area contributed by atoms with Crippen LogP contribution >= 0.6 is 0 Å². The molecule has 0 spiro atoms. The van der Waals surface area contributed by atoms with Gasteiger partial charge in [-0.25, -0.2) is 0 Å². The minimum atomic E-state index is 0.359. The summed E-state index contributed by atoms with van der Waals surface area (Å²) in [6.07, 6.45) is 4.86. The van der Waals surface area contributed by atoms with Gasteiger partial charge >= 0.3 is 0 Å². The van der Waals surface area contributed by atoms with Crippen molar-refractivity contribution < 1.29 is 9.47 Å². The molecule has 14 heavy (non-hydrogen) atoms. The standard InChI is InChI=1S/C11H21NO2/c1-8-5-11(6-9(2)13-8)14-10-3-4-12-7-10/h8-12H,3-7H2,1-2H3/t8?,9?,10-,11?/m0/s1. The van der Waals surface area contributed by atoms with Crippen molar-refractivity contribution in [2.45, 2.75) is 57.5 Å². The first kappa shape index (κ1) is 10.4. The van der Waals surface area contributed by atoms with Gasteiger partial charge in [-0.2, -0.15) is 0 Å². The maximum absolute atomic E-state index is 6.05. The van der Waals surface area contributed by atoms with Gasteiger partial charge in [-0.05, 0) is 39.7 Å². The summed E-state index contributed by atoms with van der Waals surface area (Å²) < 4.78 is 11.7. The molecule has 2 unspecified atom stereocenters. The Labute approximate surface area is 86.2 Å². The highest BCUT2D eigenvalue weighted by molar-refractivity contribution is 4.78. The maximum atomic E-state index is 6.05. The normalized spacial score (nSPS) is 44.1. The minimum absolute atomic E-state index is 0.359. The van der Waals surface area contributed by atoms with Crippen LogP contribution < -0.4 is 5.32 Å². The van der Waals surface area contributed by atoms with E-state index >= 15 is 0 Å². The van der Waals surface area contributed by atoms with Crippen LogP contribution in [0.5, 0.6) is 0 Å². The van der Waals surface area contributed by atoms with Crippen LogP contribution in [-0.4, -0.2) is 37.5 Å². The van der Waals surface area contributed by atoms with Gasteiger partial charge in [0.25, 0.3) is 0 Å². The highest BCUT2D eigenvalue weighted by Gasteiger charge is 2.28. The molecule has 0 saturated carbocycles. The van der Waals surface area contributed by atoms with Crippen LogP contribution in [0.3, 0.4) is 0 Å². The van der Waals surface area contributed by atoms with Crippen LogP contribution in [0.2, 0.25) is 0 Å². The second-order valence-corrected chi connectivity index (χ2v) is 4.60. The first-order valence-corrected chi connectivity index (χ1v) is 5.75. The summed E-state index contributed by atoms with van der Waals surface area (Å²) in [5, 5.41) is 3.33. The molecular formula is C11H21NO2. The zero-order valence-corrected chi connectivity index (χ0v) is 9.16. The van der Waals surface area contributed by atoms with Crippen LogP contribution in [0.15, 0.2) is 0 Å². The smallest absolute Gasteiger partial charge is 0.0715 e. The van der Waals surface area contributed by atoms with Crippen molar-refractivity contribution in [3.05, 3.63) is 0 Å². The fourth-order valence-corrected chi connectivity index (χ4v) is 2.47. The van der Waals surface area contributed by atoms with Crippen molar-refractivity contribution in [3.63, 3.8) is 0 Å². The average Bonchev–Trinajstić information content (AvgIpc) is 2.54. The topological polar surface area (TPSA) is 30.5 Å². The molecule has 0 aliphatic carbocycles. The zero-order chi connectivity index (χ0) is 9.97. The predicted octanol–water partition coefficient (Wildman–Crippen LogP) is 1.32. The van der Waals surface area contributed by atoms with Crippen molar-refractivity contribution in [1.82, 2.24) is 5.32 Å². The quantitative estimate of drug-likeness (QED) is 0.727. The van der Waals surface area contributed by atoms with Gasteiger partial charge in [0, 0.05) is 6.54 Å². The monoisotopic (exact) mass is 199 g/mol. The Morgan fingerprint density at radius 1 is 1.14 bits per heavy atom. The van der Waals surface area contributed by atoms with Crippen molar-refractivity contribution in [2.75, 3.05) is 13.1 Å². The second-order valence-electron chi connectivity index (χ2n) is 4.60. The molecule has 3 atom stereocenters. The highest BCUT2D eigenvalue weighted by atomic mass is 16.5. The Morgan fingerprint density at radius 3 is 2.43 bits per heavy atom. The number of ether oxygens (including phenoxy) is 2. The first-order valence-electron chi connectivity index (χ1n) is 5.75. The largest absolute Gasteiger partial charge is 0.375 e. The molecule has 0 aromatic heterocycles.